The van der Waals surface area contributed by atoms with E-state index in [1.165, 1.54) is 0 Å². The van der Waals surface area contributed by atoms with E-state index >= 15 is 0 Å². The standard InChI is InChI=1S/C10H18N2O3/c1-2-15-10(13)3-7-14-8-6-12-5-4-11-9-12/h9H,2-8H2,1H3. The minimum absolute atomic E-state index is 0.194. The zero-order valence-electron chi connectivity index (χ0n) is 9.15. The zero-order chi connectivity index (χ0) is 10.9. The fourth-order valence-electron chi connectivity index (χ4n) is 1.26. The van der Waals surface area contributed by atoms with E-state index in [9.17, 15) is 4.79 Å². The molecule has 86 valence electrons. The fraction of sp³-hybridized carbons (Fsp3) is 0.800. The molecule has 5 nitrogen and oxygen atoms in total. The van der Waals surface area contributed by atoms with E-state index in [4.69, 9.17) is 9.47 Å². The molecule has 1 aliphatic heterocycles. The van der Waals surface area contributed by atoms with Gasteiger partial charge in [-0.2, -0.15) is 0 Å². The molecule has 0 aromatic carbocycles. The minimum atomic E-state index is -0.194. The van der Waals surface area contributed by atoms with Gasteiger partial charge in [-0.1, -0.05) is 0 Å². The van der Waals surface area contributed by atoms with Crippen molar-refractivity contribution >= 4 is 12.3 Å². The summed E-state index contributed by atoms with van der Waals surface area (Å²) < 4.78 is 10.1. The molecule has 15 heavy (non-hydrogen) atoms. The van der Waals surface area contributed by atoms with Gasteiger partial charge in [0.1, 0.15) is 0 Å². The normalized spacial score (nSPS) is 14.6. The van der Waals surface area contributed by atoms with Crippen molar-refractivity contribution < 1.29 is 14.3 Å². The highest BCUT2D eigenvalue weighted by Gasteiger charge is 2.05. The molecule has 5 heteroatoms. The van der Waals surface area contributed by atoms with Gasteiger partial charge < -0.3 is 14.4 Å². The predicted molar refractivity (Wildman–Crippen MR) is 57.0 cm³/mol. The van der Waals surface area contributed by atoms with Gasteiger partial charge in [0.2, 0.25) is 0 Å². The van der Waals surface area contributed by atoms with Crippen LogP contribution in [0.4, 0.5) is 0 Å². The molecule has 0 spiro atoms. The third kappa shape index (κ3) is 5.37. The van der Waals surface area contributed by atoms with Gasteiger partial charge in [-0.3, -0.25) is 9.79 Å². The van der Waals surface area contributed by atoms with E-state index in [1.54, 1.807) is 6.92 Å². The number of nitrogens with zero attached hydrogens (tertiary/aromatic N) is 2. The molecule has 0 radical (unpaired) electrons. The number of ether oxygens (including phenoxy) is 2. The van der Waals surface area contributed by atoms with Crippen LogP contribution in [-0.4, -0.2) is 56.7 Å². The molecule has 0 saturated carbocycles. The maximum atomic E-state index is 10.9. The Labute approximate surface area is 90.1 Å². The van der Waals surface area contributed by atoms with E-state index in [-0.39, 0.29) is 5.97 Å². The second-order valence-corrected chi connectivity index (χ2v) is 3.23. The molecule has 0 atom stereocenters. The van der Waals surface area contributed by atoms with Crippen molar-refractivity contribution in [2.45, 2.75) is 13.3 Å². The van der Waals surface area contributed by atoms with Crippen LogP contribution in [0.3, 0.4) is 0 Å². The molecule has 0 unspecified atom stereocenters. The Hall–Kier alpha value is -1.10. The van der Waals surface area contributed by atoms with Crippen LogP contribution in [0.25, 0.3) is 0 Å². The van der Waals surface area contributed by atoms with Gasteiger partial charge in [0, 0.05) is 13.1 Å². The number of hydrogen-bond donors (Lipinski definition) is 0. The monoisotopic (exact) mass is 214 g/mol. The lowest BCUT2D eigenvalue weighted by atomic mass is 10.4. The maximum absolute atomic E-state index is 10.9. The summed E-state index contributed by atoms with van der Waals surface area (Å²) in [5.74, 6) is -0.194. The summed E-state index contributed by atoms with van der Waals surface area (Å²) in [6, 6.07) is 0. The lowest BCUT2D eigenvalue weighted by Gasteiger charge is -2.13. The molecule has 0 amide bonds. The Balaban J connectivity index is 1.88. The van der Waals surface area contributed by atoms with Gasteiger partial charge in [-0.05, 0) is 6.92 Å². The summed E-state index contributed by atoms with van der Waals surface area (Å²) in [5.41, 5.74) is 0. The molecule has 1 rings (SSSR count). The van der Waals surface area contributed by atoms with Crippen molar-refractivity contribution in [3.8, 4) is 0 Å². The van der Waals surface area contributed by atoms with Crippen LogP contribution in [0, 0.1) is 0 Å². The topological polar surface area (TPSA) is 51.1 Å². The van der Waals surface area contributed by atoms with Crippen molar-refractivity contribution in [2.75, 3.05) is 39.5 Å². The molecular weight excluding hydrogens is 196 g/mol. The minimum Gasteiger partial charge on any atom is -0.466 e. The van der Waals surface area contributed by atoms with E-state index in [1.807, 2.05) is 6.34 Å². The predicted octanol–water partition coefficient (Wildman–Crippen LogP) is 0.300. The number of aliphatic imine (C=N–C) groups is 1. The summed E-state index contributed by atoms with van der Waals surface area (Å²) in [7, 11) is 0. The molecule has 1 heterocycles. The van der Waals surface area contributed by atoms with E-state index in [0.717, 1.165) is 19.6 Å². The van der Waals surface area contributed by atoms with Crippen LogP contribution in [-0.2, 0) is 14.3 Å². The van der Waals surface area contributed by atoms with Crippen LogP contribution in [0.15, 0.2) is 4.99 Å². The van der Waals surface area contributed by atoms with Crippen LogP contribution in [0.1, 0.15) is 13.3 Å². The molecule has 0 saturated heterocycles. The van der Waals surface area contributed by atoms with Crippen molar-refractivity contribution in [3.05, 3.63) is 0 Å². The van der Waals surface area contributed by atoms with Gasteiger partial charge in [0.05, 0.1) is 39.1 Å². The first-order valence-corrected chi connectivity index (χ1v) is 5.30. The largest absolute Gasteiger partial charge is 0.466 e. The molecular formula is C10H18N2O3. The number of carbonyl (C=O) groups excluding carboxylic acids is 1. The first kappa shape index (κ1) is 12.0. The smallest absolute Gasteiger partial charge is 0.308 e. The number of esters is 1. The van der Waals surface area contributed by atoms with Crippen molar-refractivity contribution in [1.82, 2.24) is 4.90 Å². The van der Waals surface area contributed by atoms with Gasteiger partial charge >= 0.3 is 5.97 Å². The van der Waals surface area contributed by atoms with E-state index in [0.29, 0.717) is 26.2 Å². The van der Waals surface area contributed by atoms with Crippen LogP contribution < -0.4 is 0 Å². The highest BCUT2D eigenvalue weighted by molar-refractivity contribution is 5.69. The molecule has 0 aromatic heterocycles. The molecule has 0 aliphatic carbocycles. The number of hydrogen-bond acceptors (Lipinski definition) is 5. The second-order valence-electron chi connectivity index (χ2n) is 3.23. The van der Waals surface area contributed by atoms with E-state index < -0.39 is 0 Å². The number of rotatable bonds is 7. The summed E-state index contributed by atoms with van der Waals surface area (Å²) in [4.78, 5) is 17.1. The number of carbonyl (C=O) groups is 1. The van der Waals surface area contributed by atoms with Crippen LogP contribution >= 0.6 is 0 Å². The van der Waals surface area contributed by atoms with Crippen molar-refractivity contribution in [1.29, 1.82) is 0 Å². The summed E-state index contributed by atoms with van der Waals surface area (Å²) in [5, 5.41) is 0. The average molecular weight is 214 g/mol. The quantitative estimate of drug-likeness (QED) is 0.452. The fourth-order valence-corrected chi connectivity index (χ4v) is 1.26. The van der Waals surface area contributed by atoms with Crippen molar-refractivity contribution in [3.63, 3.8) is 0 Å². The van der Waals surface area contributed by atoms with Gasteiger partial charge in [0.15, 0.2) is 0 Å². The third-order valence-electron chi connectivity index (χ3n) is 2.04. The zero-order valence-corrected chi connectivity index (χ0v) is 9.15. The molecule has 0 fully saturated rings. The van der Waals surface area contributed by atoms with Crippen LogP contribution in [0.2, 0.25) is 0 Å². The summed E-state index contributed by atoms with van der Waals surface area (Å²) in [6.45, 7) is 5.99. The molecule has 1 aliphatic rings. The Morgan fingerprint density at radius 1 is 1.53 bits per heavy atom. The summed E-state index contributed by atoms with van der Waals surface area (Å²) in [6.07, 6.45) is 2.18. The molecule has 0 bridgehead atoms. The Bertz CT molecular complexity index is 219. The van der Waals surface area contributed by atoms with Crippen LogP contribution in [0.5, 0.6) is 0 Å². The Morgan fingerprint density at radius 2 is 2.40 bits per heavy atom. The first-order chi connectivity index (χ1) is 7.33. The van der Waals surface area contributed by atoms with Gasteiger partial charge in [0.25, 0.3) is 0 Å². The second kappa shape index (κ2) is 7.23. The van der Waals surface area contributed by atoms with Gasteiger partial charge in [-0.25, -0.2) is 0 Å². The highest BCUT2D eigenvalue weighted by atomic mass is 16.5. The third-order valence-corrected chi connectivity index (χ3v) is 2.04. The van der Waals surface area contributed by atoms with Gasteiger partial charge in [-0.15, -0.1) is 0 Å². The summed E-state index contributed by atoms with van der Waals surface area (Å²) >= 11 is 0. The maximum Gasteiger partial charge on any atom is 0.308 e. The Kier molecular flexibility index (Phi) is 5.77. The SMILES string of the molecule is CCOC(=O)CCOCCN1C=NCC1. The molecule has 0 aromatic rings. The average Bonchev–Trinajstić information content (AvgIpc) is 2.70. The lowest BCUT2D eigenvalue weighted by molar-refractivity contribution is -0.144. The van der Waals surface area contributed by atoms with E-state index in [2.05, 4.69) is 9.89 Å². The van der Waals surface area contributed by atoms with Crippen molar-refractivity contribution in [2.24, 2.45) is 4.99 Å². The molecule has 0 N–H and O–H groups in total. The highest BCUT2D eigenvalue weighted by Crippen LogP contribution is 1.93. The lowest BCUT2D eigenvalue weighted by Crippen LogP contribution is -2.24. The first-order valence-electron chi connectivity index (χ1n) is 5.30. The Morgan fingerprint density at radius 3 is 3.07 bits per heavy atom.